The Labute approximate surface area is 143 Å². The number of benzene rings is 2. The van der Waals surface area contributed by atoms with Crippen molar-refractivity contribution in [3.63, 3.8) is 0 Å². The van der Waals surface area contributed by atoms with Gasteiger partial charge < -0.3 is 9.80 Å². The standard InChI is InChI=1S/C19H23ClN2O/c1-5-22(6-2)19(23)15-11-7-8-13-17(15)21(4)18-14(3)10-9-12-16(18)20/h7-13H,5-6H2,1-4H3. The van der Waals surface area contributed by atoms with Crippen molar-refractivity contribution in [3.05, 3.63) is 58.6 Å². The highest BCUT2D eigenvalue weighted by atomic mass is 35.5. The van der Waals surface area contributed by atoms with Gasteiger partial charge in [-0.25, -0.2) is 0 Å². The third-order valence-corrected chi connectivity index (χ3v) is 4.38. The van der Waals surface area contributed by atoms with Crippen molar-refractivity contribution in [1.82, 2.24) is 4.90 Å². The quantitative estimate of drug-likeness (QED) is 0.778. The molecule has 0 aliphatic carbocycles. The van der Waals surface area contributed by atoms with E-state index >= 15 is 0 Å². The largest absolute Gasteiger partial charge is 0.343 e. The molecule has 2 aromatic rings. The summed E-state index contributed by atoms with van der Waals surface area (Å²) in [5.41, 5.74) is 3.55. The molecule has 0 N–H and O–H groups in total. The Balaban J connectivity index is 2.50. The zero-order chi connectivity index (χ0) is 17.0. The number of aryl methyl sites for hydroxylation is 1. The highest BCUT2D eigenvalue weighted by molar-refractivity contribution is 6.33. The van der Waals surface area contributed by atoms with Crippen LogP contribution in [-0.4, -0.2) is 30.9 Å². The molecule has 0 aromatic heterocycles. The maximum absolute atomic E-state index is 12.8. The lowest BCUT2D eigenvalue weighted by molar-refractivity contribution is 0.0773. The number of halogens is 1. The maximum atomic E-state index is 12.8. The van der Waals surface area contributed by atoms with Crippen LogP contribution >= 0.6 is 11.6 Å². The number of carbonyl (C=O) groups is 1. The van der Waals surface area contributed by atoms with Gasteiger partial charge in [-0.2, -0.15) is 0 Å². The van der Waals surface area contributed by atoms with Gasteiger partial charge in [-0.05, 0) is 44.5 Å². The van der Waals surface area contributed by atoms with Crippen LogP contribution in [0.15, 0.2) is 42.5 Å². The Morgan fingerprint density at radius 1 is 1.04 bits per heavy atom. The lowest BCUT2D eigenvalue weighted by atomic mass is 10.1. The number of nitrogens with zero attached hydrogens (tertiary/aromatic N) is 2. The summed E-state index contributed by atoms with van der Waals surface area (Å²) in [6, 6.07) is 13.5. The SMILES string of the molecule is CCN(CC)C(=O)c1ccccc1N(C)c1c(C)cccc1Cl. The summed E-state index contributed by atoms with van der Waals surface area (Å²) in [6.45, 7) is 7.39. The number of hydrogen-bond acceptors (Lipinski definition) is 2. The lowest BCUT2D eigenvalue weighted by Crippen LogP contribution is -2.31. The second kappa shape index (κ2) is 7.51. The lowest BCUT2D eigenvalue weighted by Gasteiger charge is -2.27. The highest BCUT2D eigenvalue weighted by Crippen LogP contribution is 2.35. The minimum atomic E-state index is 0.0437. The van der Waals surface area contributed by atoms with Crippen LogP contribution in [0.2, 0.25) is 5.02 Å². The van der Waals surface area contributed by atoms with Gasteiger partial charge in [0.1, 0.15) is 0 Å². The zero-order valence-electron chi connectivity index (χ0n) is 14.1. The first kappa shape index (κ1) is 17.4. The van der Waals surface area contributed by atoms with Crippen LogP contribution in [-0.2, 0) is 0 Å². The Morgan fingerprint density at radius 2 is 1.70 bits per heavy atom. The van der Waals surface area contributed by atoms with E-state index in [2.05, 4.69) is 0 Å². The molecule has 23 heavy (non-hydrogen) atoms. The molecule has 1 amide bonds. The van der Waals surface area contributed by atoms with Gasteiger partial charge in [-0.1, -0.05) is 35.9 Å². The van der Waals surface area contributed by atoms with E-state index in [0.29, 0.717) is 23.7 Å². The molecule has 0 aliphatic rings. The summed E-state index contributed by atoms with van der Waals surface area (Å²) < 4.78 is 0. The second-order valence-electron chi connectivity index (χ2n) is 5.46. The molecule has 0 aliphatic heterocycles. The van der Waals surface area contributed by atoms with Gasteiger partial charge in [-0.15, -0.1) is 0 Å². The fourth-order valence-electron chi connectivity index (χ4n) is 2.80. The van der Waals surface area contributed by atoms with E-state index in [-0.39, 0.29) is 5.91 Å². The molecule has 0 saturated carbocycles. The van der Waals surface area contributed by atoms with Crippen molar-refractivity contribution in [2.24, 2.45) is 0 Å². The molecular formula is C19H23ClN2O. The third kappa shape index (κ3) is 3.50. The molecule has 0 spiro atoms. The molecular weight excluding hydrogens is 308 g/mol. The normalized spacial score (nSPS) is 10.5. The summed E-state index contributed by atoms with van der Waals surface area (Å²) in [4.78, 5) is 16.6. The molecule has 0 radical (unpaired) electrons. The van der Waals surface area contributed by atoms with Crippen LogP contribution in [0.25, 0.3) is 0 Å². The summed E-state index contributed by atoms with van der Waals surface area (Å²) >= 11 is 6.39. The Morgan fingerprint density at radius 3 is 2.30 bits per heavy atom. The molecule has 2 aromatic carbocycles. The first-order valence-corrected chi connectivity index (χ1v) is 8.26. The Kier molecular flexibility index (Phi) is 5.67. The number of para-hydroxylation sites is 2. The summed E-state index contributed by atoms with van der Waals surface area (Å²) in [5.74, 6) is 0.0437. The van der Waals surface area contributed by atoms with E-state index in [9.17, 15) is 4.79 Å². The van der Waals surface area contributed by atoms with Crippen molar-refractivity contribution >= 4 is 28.9 Å². The number of hydrogen-bond donors (Lipinski definition) is 0. The molecule has 122 valence electrons. The van der Waals surface area contributed by atoms with E-state index in [0.717, 1.165) is 16.9 Å². The molecule has 2 rings (SSSR count). The summed E-state index contributed by atoms with van der Waals surface area (Å²) in [5, 5.41) is 0.678. The molecule has 0 atom stereocenters. The average Bonchev–Trinajstić information content (AvgIpc) is 2.55. The van der Waals surface area contributed by atoms with Crippen molar-refractivity contribution in [2.75, 3.05) is 25.0 Å². The number of rotatable bonds is 5. The van der Waals surface area contributed by atoms with Crippen LogP contribution < -0.4 is 4.90 Å². The van der Waals surface area contributed by atoms with E-state index in [4.69, 9.17) is 11.6 Å². The predicted octanol–water partition coefficient (Wildman–Crippen LogP) is 4.90. The maximum Gasteiger partial charge on any atom is 0.255 e. The molecule has 0 fully saturated rings. The van der Waals surface area contributed by atoms with Crippen LogP contribution in [0.1, 0.15) is 29.8 Å². The highest BCUT2D eigenvalue weighted by Gasteiger charge is 2.20. The monoisotopic (exact) mass is 330 g/mol. The molecule has 4 heteroatoms. The first-order chi connectivity index (χ1) is 11.0. The molecule has 0 unspecified atom stereocenters. The number of amides is 1. The summed E-state index contributed by atoms with van der Waals surface area (Å²) in [7, 11) is 1.95. The Hall–Kier alpha value is -2.00. The Bertz CT molecular complexity index is 675. The van der Waals surface area contributed by atoms with Crippen molar-refractivity contribution < 1.29 is 4.79 Å². The van der Waals surface area contributed by atoms with Crippen molar-refractivity contribution in [1.29, 1.82) is 0 Å². The van der Waals surface area contributed by atoms with Crippen LogP contribution in [0.5, 0.6) is 0 Å². The van der Waals surface area contributed by atoms with Crippen LogP contribution in [0, 0.1) is 6.92 Å². The van der Waals surface area contributed by atoms with E-state index in [1.54, 1.807) is 0 Å². The van der Waals surface area contributed by atoms with Crippen molar-refractivity contribution in [3.8, 4) is 0 Å². The second-order valence-corrected chi connectivity index (χ2v) is 5.87. The number of anilines is 2. The topological polar surface area (TPSA) is 23.6 Å². The minimum absolute atomic E-state index is 0.0437. The smallest absolute Gasteiger partial charge is 0.255 e. The van der Waals surface area contributed by atoms with E-state index in [1.165, 1.54) is 0 Å². The molecule has 0 saturated heterocycles. The van der Waals surface area contributed by atoms with E-state index < -0.39 is 0 Å². The van der Waals surface area contributed by atoms with Gasteiger partial charge in [0, 0.05) is 20.1 Å². The van der Waals surface area contributed by atoms with Gasteiger partial charge in [-0.3, -0.25) is 4.79 Å². The molecule has 0 heterocycles. The molecule has 0 bridgehead atoms. The van der Waals surface area contributed by atoms with Gasteiger partial charge in [0.05, 0.1) is 22.0 Å². The first-order valence-electron chi connectivity index (χ1n) is 7.88. The fraction of sp³-hybridized carbons (Fsp3) is 0.316. The average molecular weight is 331 g/mol. The van der Waals surface area contributed by atoms with Crippen molar-refractivity contribution in [2.45, 2.75) is 20.8 Å². The summed E-state index contributed by atoms with van der Waals surface area (Å²) in [6.07, 6.45) is 0. The van der Waals surface area contributed by atoms with Gasteiger partial charge >= 0.3 is 0 Å². The van der Waals surface area contributed by atoms with Gasteiger partial charge in [0.2, 0.25) is 0 Å². The van der Waals surface area contributed by atoms with Crippen LogP contribution in [0.4, 0.5) is 11.4 Å². The van der Waals surface area contributed by atoms with Gasteiger partial charge in [0.25, 0.3) is 5.91 Å². The van der Waals surface area contributed by atoms with Crippen LogP contribution in [0.3, 0.4) is 0 Å². The zero-order valence-corrected chi connectivity index (χ0v) is 14.9. The van der Waals surface area contributed by atoms with Gasteiger partial charge in [0.15, 0.2) is 0 Å². The third-order valence-electron chi connectivity index (χ3n) is 4.07. The number of carbonyl (C=O) groups excluding carboxylic acids is 1. The predicted molar refractivity (Wildman–Crippen MR) is 97.9 cm³/mol. The minimum Gasteiger partial charge on any atom is -0.343 e. The fourth-order valence-corrected chi connectivity index (χ4v) is 3.15. The van der Waals surface area contributed by atoms with E-state index in [1.807, 2.05) is 80.1 Å². The molecule has 3 nitrogen and oxygen atoms in total.